The molecule has 0 spiro atoms. The lowest BCUT2D eigenvalue weighted by atomic mass is 10.2. The highest BCUT2D eigenvalue weighted by Crippen LogP contribution is 2.39. The van der Waals surface area contributed by atoms with Crippen molar-refractivity contribution in [2.24, 2.45) is 0 Å². The van der Waals surface area contributed by atoms with Gasteiger partial charge in [-0.15, -0.1) is 6.58 Å². The second-order valence-electron chi connectivity index (χ2n) is 3.73. The molecule has 92 valence electrons. The number of rotatable bonds is 5. The monoisotopic (exact) mass is 424 g/mol. The van der Waals surface area contributed by atoms with Crippen LogP contribution in [0.5, 0.6) is 5.75 Å². The summed E-state index contributed by atoms with van der Waals surface area (Å²) in [6, 6.07) is 3.88. The average molecular weight is 427 g/mol. The summed E-state index contributed by atoms with van der Waals surface area (Å²) in [5.74, 6) is 0.808. The zero-order valence-electron chi connectivity index (χ0n) is 8.96. The highest BCUT2D eigenvalue weighted by atomic mass is 79.9. The Hall–Kier alpha value is 0.160. The third-order valence-corrected chi connectivity index (χ3v) is 5.79. The molecule has 1 aromatic carbocycles. The van der Waals surface area contributed by atoms with E-state index in [1.165, 1.54) is 0 Å². The van der Waals surface area contributed by atoms with Gasteiger partial charge in [0.05, 0.1) is 11.1 Å². The van der Waals surface area contributed by atoms with E-state index in [9.17, 15) is 0 Å². The van der Waals surface area contributed by atoms with Crippen LogP contribution in [0.25, 0.3) is 0 Å². The average Bonchev–Trinajstić information content (AvgIpc) is 3.13. The largest absolute Gasteiger partial charge is 0.486 e. The molecule has 0 radical (unpaired) electrons. The molecule has 0 bridgehead atoms. The molecule has 17 heavy (non-hydrogen) atoms. The standard InChI is InChI=1S/C12H11Br3O2/c1-2-3-8(10-6-16-10)17-9-5-4-7(13)11(14)12(9)15/h2,4-5,8,10H,1,3,6H2. The van der Waals surface area contributed by atoms with Gasteiger partial charge in [-0.1, -0.05) is 6.08 Å². The van der Waals surface area contributed by atoms with E-state index in [0.717, 1.165) is 32.2 Å². The summed E-state index contributed by atoms with van der Waals surface area (Å²) >= 11 is 10.4. The lowest BCUT2D eigenvalue weighted by Crippen LogP contribution is -2.22. The van der Waals surface area contributed by atoms with Gasteiger partial charge in [0.25, 0.3) is 0 Å². The van der Waals surface area contributed by atoms with E-state index in [1.54, 1.807) is 0 Å². The molecule has 1 aliphatic heterocycles. The Bertz CT molecular complexity index is 430. The van der Waals surface area contributed by atoms with Crippen LogP contribution in [0.3, 0.4) is 0 Å². The van der Waals surface area contributed by atoms with Crippen molar-refractivity contribution >= 4 is 47.8 Å². The summed E-state index contributed by atoms with van der Waals surface area (Å²) in [6.07, 6.45) is 2.87. The SMILES string of the molecule is C=CCC(Oc1ccc(Br)c(Br)c1Br)C1CO1. The van der Waals surface area contributed by atoms with Crippen LogP contribution in [-0.4, -0.2) is 18.8 Å². The predicted molar refractivity (Wildman–Crippen MR) is 78.5 cm³/mol. The van der Waals surface area contributed by atoms with Crippen LogP contribution in [0, 0.1) is 0 Å². The topological polar surface area (TPSA) is 21.8 Å². The molecule has 1 heterocycles. The fourth-order valence-corrected chi connectivity index (χ4v) is 2.84. The van der Waals surface area contributed by atoms with Gasteiger partial charge in [0.2, 0.25) is 0 Å². The van der Waals surface area contributed by atoms with Crippen molar-refractivity contribution in [3.8, 4) is 5.75 Å². The fraction of sp³-hybridized carbons (Fsp3) is 0.333. The summed E-state index contributed by atoms with van der Waals surface area (Å²) in [7, 11) is 0. The molecule has 2 nitrogen and oxygen atoms in total. The Labute approximate surface area is 126 Å². The van der Waals surface area contributed by atoms with Gasteiger partial charge in [0.1, 0.15) is 18.0 Å². The van der Waals surface area contributed by atoms with Crippen molar-refractivity contribution in [3.63, 3.8) is 0 Å². The summed E-state index contributed by atoms with van der Waals surface area (Å²) in [5.41, 5.74) is 0. The highest BCUT2D eigenvalue weighted by Gasteiger charge is 2.34. The first kappa shape index (κ1) is 13.6. The summed E-state index contributed by atoms with van der Waals surface area (Å²) in [6.45, 7) is 4.51. The lowest BCUT2D eigenvalue weighted by molar-refractivity contribution is 0.160. The van der Waals surface area contributed by atoms with Gasteiger partial charge in [-0.05, 0) is 59.9 Å². The van der Waals surface area contributed by atoms with E-state index in [1.807, 2.05) is 18.2 Å². The fourth-order valence-electron chi connectivity index (χ4n) is 1.47. The molecule has 2 atom stereocenters. The molecule has 0 aliphatic carbocycles. The third-order valence-electron chi connectivity index (χ3n) is 2.45. The van der Waals surface area contributed by atoms with Gasteiger partial charge in [0.15, 0.2) is 0 Å². The van der Waals surface area contributed by atoms with Gasteiger partial charge in [0, 0.05) is 15.4 Å². The van der Waals surface area contributed by atoms with Crippen molar-refractivity contribution in [1.82, 2.24) is 0 Å². The normalized spacial score (nSPS) is 19.8. The minimum atomic E-state index is 0.0388. The van der Waals surface area contributed by atoms with E-state index in [4.69, 9.17) is 9.47 Å². The zero-order valence-corrected chi connectivity index (χ0v) is 13.7. The number of halogens is 3. The Morgan fingerprint density at radius 2 is 2.12 bits per heavy atom. The van der Waals surface area contributed by atoms with E-state index in [-0.39, 0.29) is 12.2 Å². The van der Waals surface area contributed by atoms with E-state index < -0.39 is 0 Å². The molecular weight excluding hydrogens is 416 g/mol. The molecule has 1 saturated heterocycles. The third kappa shape index (κ3) is 3.34. The van der Waals surface area contributed by atoms with Crippen molar-refractivity contribution in [1.29, 1.82) is 0 Å². The molecule has 1 aromatic rings. The van der Waals surface area contributed by atoms with Crippen molar-refractivity contribution in [3.05, 3.63) is 38.2 Å². The van der Waals surface area contributed by atoms with Gasteiger partial charge < -0.3 is 9.47 Å². The van der Waals surface area contributed by atoms with Crippen LogP contribution in [0.2, 0.25) is 0 Å². The van der Waals surface area contributed by atoms with Crippen molar-refractivity contribution in [2.75, 3.05) is 6.61 Å². The van der Waals surface area contributed by atoms with Gasteiger partial charge in [-0.25, -0.2) is 0 Å². The smallest absolute Gasteiger partial charge is 0.135 e. The molecule has 5 heteroatoms. The molecule has 2 rings (SSSR count). The molecule has 0 amide bonds. The number of hydrogen-bond donors (Lipinski definition) is 0. The van der Waals surface area contributed by atoms with Gasteiger partial charge in [-0.3, -0.25) is 0 Å². The van der Waals surface area contributed by atoms with Crippen LogP contribution in [0.1, 0.15) is 6.42 Å². The number of epoxide rings is 1. The second kappa shape index (κ2) is 5.87. The number of ether oxygens (including phenoxy) is 2. The molecule has 1 aliphatic rings. The molecule has 0 saturated carbocycles. The van der Waals surface area contributed by atoms with Crippen LogP contribution < -0.4 is 4.74 Å². The quantitative estimate of drug-likeness (QED) is 0.387. The maximum atomic E-state index is 5.95. The minimum Gasteiger partial charge on any atom is -0.486 e. The van der Waals surface area contributed by atoms with Gasteiger partial charge in [-0.2, -0.15) is 0 Å². The molecule has 2 unspecified atom stereocenters. The summed E-state index contributed by atoms with van der Waals surface area (Å²) < 4.78 is 14.1. The Balaban J connectivity index is 2.16. The van der Waals surface area contributed by atoms with Crippen LogP contribution in [0.4, 0.5) is 0 Å². The van der Waals surface area contributed by atoms with Crippen LogP contribution in [0.15, 0.2) is 38.2 Å². The molecule has 1 fully saturated rings. The molecule has 0 aromatic heterocycles. The lowest BCUT2D eigenvalue weighted by Gasteiger charge is -2.17. The van der Waals surface area contributed by atoms with Gasteiger partial charge >= 0.3 is 0 Å². The zero-order chi connectivity index (χ0) is 12.4. The number of hydrogen-bond acceptors (Lipinski definition) is 2. The molecular formula is C12H11Br3O2. The second-order valence-corrected chi connectivity index (χ2v) is 6.17. The maximum absolute atomic E-state index is 5.95. The summed E-state index contributed by atoms with van der Waals surface area (Å²) in [4.78, 5) is 0. The van der Waals surface area contributed by atoms with E-state index in [0.29, 0.717) is 0 Å². The Morgan fingerprint density at radius 3 is 2.71 bits per heavy atom. The minimum absolute atomic E-state index is 0.0388. The Kier molecular flexibility index (Phi) is 4.69. The van der Waals surface area contributed by atoms with Crippen LogP contribution in [-0.2, 0) is 4.74 Å². The van der Waals surface area contributed by atoms with Crippen molar-refractivity contribution < 1.29 is 9.47 Å². The maximum Gasteiger partial charge on any atom is 0.135 e. The molecule has 0 N–H and O–H groups in total. The first-order valence-corrected chi connectivity index (χ1v) is 7.54. The highest BCUT2D eigenvalue weighted by molar-refractivity contribution is 9.14. The summed E-state index contributed by atoms with van der Waals surface area (Å²) in [5, 5.41) is 0. The van der Waals surface area contributed by atoms with E-state index >= 15 is 0 Å². The first-order valence-electron chi connectivity index (χ1n) is 5.16. The predicted octanol–water partition coefficient (Wildman–Crippen LogP) is 4.70. The first-order chi connectivity index (χ1) is 8.13. The van der Waals surface area contributed by atoms with E-state index in [2.05, 4.69) is 54.4 Å². The van der Waals surface area contributed by atoms with Crippen molar-refractivity contribution in [2.45, 2.75) is 18.6 Å². The van der Waals surface area contributed by atoms with Crippen LogP contribution >= 0.6 is 47.8 Å². The Morgan fingerprint density at radius 1 is 1.41 bits per heavy atom. The number of benzene rings is 1.